The van der Waals surface area contributed by atoms with Crippen LogP contribution in [0.2, 0.25) is 5.02 Å². The van der Waals surface area contributed by atoms with Crippen molar-refractivity contribution in [1.82, 2.24) is 9.88 Å². The van der Waals surface area contributed by atoms with Crippen LogP contribution in [-0.2, 0) is 9.59 Å². The van der Waals surface area contributed by atoms with Gasteiger partial charge in [0, 0.05) is 29.3 Å². The fourth-order valence-corrected chi connectivity index (χ4v) is 4.83. The van der Waals surface area contributed by atoms with Gasteiger partial charge in [-0.15, -0.1) is 0 Å². The fraction of sp³-hybridized carbons (Fsp3) is 0.421. The molecule has 1 aromatic heterocycles. The second-order valence-corrected chi connectivity index (χ2v) is 8.29. The van der Waals surface area contributed by atoms with Gasteiger partial charge in [0.25, 0.3) is 5.19 Å². The summed E-state index contributed by atoms with van der Waals surface area (Å²) in [4.78, 5) is 26.2. The van der Waals surface area contributed by atoms with Crippen molar-refractivity contribution in [3.8, 4) is 5.19 Å². The lowest BCUT2D eigenvalue weighted by atomic mass is 10.0. The van der Waals surface area contributed by atoms with E-state index in [0.29, 0.717) is 30.3 Å². The minimum atomic E-state index is -1.26. The molecule has 0 radical (unpaired) electrons. The van der Waals surface area contributed by atoms with Gasteiger partial charge in [0.2, 0.25) is 0 Å². The van der Waals surface area contributed by atoms with Gasteiger partial charge in [-0.1, -0.05) is 22.9 Å². The van der Waals surface area contributed by atoms with Gasteiger partial charge in [0.05, 0.1) is 10.2 Å². The molecular weight excluding hydrogens is 404 g/mol. The largest absolute Gasteiger partial charge is 0.478 e. The van der Waals surface area contributed by atoms with Crippen LogP contribution in [0.4, 0.5) is 0 Å². The van der Waals surface area contributed by atoms with Crippen LogP contribution in [0.5, 0.6) is 5.19 Å². The molecule has 3 heterocycles. The molecule has 150 valence electrons. The molecule has 1 aromatic carbocycles. The third-order valence-corrected chi connectivity index (χ3v) is 6.17. The Morgan fingerprint density at radius 2 is 1.82 bits per heavy atom. The summed E-state index contributed by atoms with van der Waals surface area (Å²) in [6, 6.07) is 7.19. The Morgan fingerprint density at radius 1 is 1.21 bits per heavy atom. The lowest BCUT2D eigenvalue weighted by Gasteiger charge is -2.35. The summed E-state index contributed by atoms with van der Waals surface area (Å²) in [5.41, 5.74) is 0.977. The third kappa shape index (κ3) is 5.21. The van der Waals surface area contributed by atoms with Gasteiger partial charge in [-0.3, -0.25) is 0 Å². The Morgan fingerprint density at radius 3 is 2.39 bits per heavy atom. The summed E-state index contributed by atoms with van der Waals surface area (Å²) < 4.78 is 7.25. The van der Waals surface area contributed by atoms with E-state index >= 15 is 0 Å². The molecular formula is C19H21ClN2O5S. The van der Waals surface area contributed by atoms with Gasteiger partial charge in [-0.2, -0.15) is 0 Å². The van der Waals surface area contributed by atoms with E-state index in [-0.39, 0.29) is 0 Å². The first-order valence-corrected chi connectivity index (χ1v) is 10.1. The van der Waals surface area contributed by atoms with Crippen molar-refractivity contribution in [2.75, 3.05) is 7.05 Å². The summed E-state index contributed by atoms with van der Waals surface area (Å²) >= 11 is 7.61. The molecule has 2 atom stereocenters. The smallest absolute Gasteiger partial charge is 0.328 e. The van der Waals surface area contributed by atoms with Crippen molar-refractivity contribution < 1.29 is 24.5 Å². The van der Waals surface area contributed by atoms with E-state index in [1.807, 2.05) is 18.2 Å². The number of fused-ring (bicyclic) bond motifs is 3. The molecule has 2 saturated heterocycles. The van der Waals surface area contributed by atoms with E-state index in [9.17, 15) is 9.59 Å². The first-order valence-electron chi connectivity index (χ1n) is 8.90. The maximum Gasteiger partial charge on any atom is 0.328 e. The molecule has 2 aromatic rings. The Hall–Kier alpha value is -2.16. The second-order valence-electron chi connectivity index (χ2n) is 6.86. The number of halogens is 1. The van der Waals surface area contributed by atoms with Crippen molar-refractivity contribution in [2.45, 2.75) is 43.9 Å². The standard InChI is InChI=1S/C15H17ClN2OS.C4H4O4/c1-18-10-3-4-11(18)8-12(7-10)19-15-17-13-5-2-9(16)6-14(13)20-15;5-3(6)1-2-4(7)8/h2,5-6,10-12H,3-4,7-8H2,1H3;1-2H,(H,5,6)(H,7,8)/b;2-1+. The zero-order valence-electron chi connectivity index (χ0n) is 15.2. The van der Waals surface area contributed by atoms with Crippen LogP contribution in [0.3, 0.4) is 0 Å². The lowest BCUT2D eigenvalue weighted by molar-refractivity contribution is -0.134. The summed E-state index contributed by atoms with van der Waals surface area (Å²) in [7, 11) is 2.25. The Kier molecular flexibility index (Phi) is 6.53. The number of carboxylic acid groups (broad SMARTS) is 2. The van der Waals surface area contributed by atoms with Gasteiger partial charge < -0.3 is 19.8 Å². The minimum Gasteiger partial charge on any atom is -0.478 e. The molecule has 2 aliphatic heterocycles. The zero-order valence-corrected chi connectivity index (χ0v) is 16.8. The average Bonchev–Trinajstić information content (AvgIpc) is 3.09. The molecule has 9 heteroatoms. The summed E-state index contributed by atoms with van der Waals surface area (Å²) in [5, 5.41) is 17.2. The molecule has 0 amide bonds. The zero-order chi connectivity index (χ0) is 20.3. The minimum absolute atomic E-state index is 0.319. The first-order chi connectivity index (χ1) is 13.3. The van der Waals surface area contributed by atoms with Crippen molar-refractivity contribution in [3.63, 3.8) is 0 Å². The number of aromatic nitrogens is 1. The highest BCUT2D eigenvalue weighted by Gasteiger charge is 2.39. The number of thiazole rings is 1. The van der Waals surface area contributed by atoms with E-state index in [1.54, 1.807) is 11.3 Å². The normalized spacial score (nSPS) is 24.1. The van der Waals surface area contributed by atoms with Gasteiger partial charge in [0.1, 0.15) is 6.10 Å². The topological polar surface area (TPSA) is 100.0 Å². The lowest BCUT2D eigenvalue weighted by Crippen LogP contribution is -2.43. The van der Waals surface area contributed by atoms with Crippen LogP contribution < -0.4 is 4.74 Å². The highest BCUT2D eigenvalue weighted by atomic mass is 35.5. The third-order valence-electron chi connectivity index (χ3n) is 5.02. The molecule has 2 N–H and O–H groups in total. The van der Waals surface area contributed by atoms with E-state index in [1.165, 1.54) is 12.8 Å². The van der Waals surface area contributed by atoms with Gasteiger partial charge in [0.15, 0.2) is 0 Å². The van der Waals surface area contributed by atoms with E-state index in [2.05, 4.69) is 16.9 Å². The highest BCUT2D eigenvalue weighted by Crippen LogP contribution is 2.37. The molecule has 2 unspecified atom stereocenters. The average molecular weight is 425 g/mol. The van der Waals surface area contributed by atoms with Gasteiger partial charge in [-0.25, -0.2) is 14.6 Å². The van der Waals surface area contributed by atoms with Crippen molar-refractivity contribution in [3.05, 3.63) is 35.4 Å². The van der Waals surface area contributed by atoms with Crippen molar-refractivity contribution in [2.24, 2.45) is 0 Å². The van der Waals surface area contributed by atoms with Crippen LogP contribution in [0.15, 0.2) is 30.4 Å². The first kappa shape index (κ1) is 20.6. The number of hydrogen-bond donors (Lipinski definition) is 2. The van der Waals surface area contributed by atoms with Crippen LogP contribution in [0.1, 0.15) is 25.7 Å². The number of piperidine rings is 1. The molecule has 2 aliphatic rings. The molecule has 2 fully saturated rings. The SMILES string of the molecule is CN1C2CCC1CC(Oc1nc3ccc(Cl)cc3s1)C2.O=C(O)/C=C/C(=O)O. The molecule has 0 aliphatic carbocycles. The summed E-state index contributed by atoms with van der Waals surface area (Å²) in [6.07, 6.45) is 6.32. The highest BCUT2D eigenvalue weighted by molar-refractivity contribution is 7.20. The number of carboxylic acids is 2. The maximum absolute atomic E-state index is 9.55. The van der Waals surface area contributed by atoms with Gasteiger partial charge >= 0.3 is 11.9 Å². The number of benzene rings is 1. The van der Waals surface area contributed by atoms with E-state index in [4.69, 9.17) is 26.6 Å². The molecule has 28 heavy (non-hydrogen) atoms. The molecule has 4 rings (SSSR count). The van der Waals surface area contributed by atoms with Crippen molar-refractivity contribution >= 4 is 45.1 Å². The fourth-order valence-electron chi connectivity index (χ4n) is 3.67. The second kappa shape index (κ2) is 8.89. The number of rotatable bonds is 4. The Labute approximate surface area is 171 Å². The van der Waals surface area contributed by atoms with Crippen LogP contribution in [0.25, 0.3) is 10.2 Å². The van der Waals surface area contributed by atoms with E-state index < -0.39 is 11.9 Å². The Balaban J connectivity index is 0.000000242. The van der Waals surface area contributed by atoms with Gasteiger partial charge in [-0.05, 0) is 50.9 Å². The predicted octanol–water partition coefficient (Wildman–Crippen LogP) is 3.67. The van der Waals surface area contributed by atoms with Crippen LogP contribution in [0, 0.1) is 0 Å². The summed E-state index contributed by atoms with van der Waals surface area (Å²) in [6.45, 7) is 0. The quantitative estimate of drug-likeness (QED) is 0.722. The number of nitrogens with zero attached hydrogens (tertiary/aromatic N) is 2. The van der Waals surface area contributed by atoms with Crippen LogP contribution in [-0.4, -0.2) is 57.3 Å². The van der Waals surface area contributed by atoms with E-state index in [0.717, 1.165) is 33.3 Å². The van der Waals surface area contributed by atoms with Crippen LogP contribution >= 0.6 is 22.9 Å². The predicted molar refractivity (Wildman–Crippen MR) is 107 cm³/mol. The molecule has 0 saturated carbocycles. The number of hydrogen-bond acceptors (Lipinski definition) is 6. The molecule has 2 bridgehead atoms. The molecule has 0 spiro atoms. The number of aliphatic carboxylic acids is 2. The maximum atomic E-state index is 9.55. The molecule has 7 nitrogen and oxygen atoms in total. The monoisotopic (exact) mass is 424 g/mol. The number of ether oxygens (including phenoxy) is 1. The van der Waals surface area contributed by atoms with Crippen molar-refractivity contribution in [1.29, 1.82) is 0 Å². The summed E-state index contributed by atoms with van der Waals surface area (Å²) in [5.74, 6) is -2.51. The Bertz CT molecular complexity index is 870. The number of carbonyl (C=O) groups is 2.